The van der Waals surface area contributed by atoms with Crippen LogP contribution in [0.3, 0.4) is 0 Å². The van der Waals surface area contributed by atoms with Crippen molar-refractivity contribution in [2.24, 2.45) is 0 Å². The minimum absolute atomic E-state index is 1.14. The molecule has 0 amide bonds. The summed E-state index contributed by atoms with van der Waals surface area (Å²) in [6.07, 6.45) is 0. The van der Waals surface area contributed by atoms with Crippen LogP contribution in [0.15, 0.2) is 30.3 Å². The number of anilines is 1. The van der Waals surface area contributed by atoms with Crippen molar-refractivity contribution in [3.63, 3.8) is 0 Å². The van der Waals surface area contributed by atoms with Crippen LogP contribution in [-0.2, 0) is 0 Å². The van der Waals surface area contributed by atoms with Crippen LogP contribution >= 0.6 is 0 Å². The Morgan fingerprint density at radius 3 is 2.11 bits per heavy atom. The Labute approximate surface area is 55.9 Å². The molecule has 0 aliphatic carbocycles. The van der Waals surface area contributed by atoms with Crippen molar-refractivity contribution in [1.82, 2.24) is 0 Å². The number of hydrogen-bond acceptors (Lipinski definition) is 1. The van der Waals surface area contributed by atoms with Gasteiger partial charge in [0, 0.05) is 19.8 Å². The van der Waals surface area contributed by atoms with Gasteiger partial charge in [-0.3, -0.25) is 0 Å². The van der Waals surface area contributed by atoms with Crippen molar-refractivity contribution in [3.05, 3.63) is 37.4 Å². The number of rotatable bonds is 1. The molecule has 0 bridgehead atoms. The van der Waals surface area contributed by atoms with Gasteiger partial charge in [-0.2, -0.15) is 0 Å². The molecule has 1 heteroatoms. The van der Waals surface area contributed by atoms with Crippen LogP contribution in [0.1, 0.15) is 0 Å². The van der Waals surface area contributed by atoms with E-state index in [0.717, 1.165) is 5.69 Å². The Kier molecular flexibility index (Phi) is 1.73. The summed E-state index contributed by atoms with van der Waals surface area (Å²) in [5.41, 5.74) is 1.14. The smallest absolute Gasteiger partial charge is 0.0364 e. The fraction of sp³-hybridized carbons (Fsp3) is 0.125. The highest BCUT2D eigenvalue weighted by Gasteiger charge is 1.87. The fourth-order valence-electron chi connectivity index (χ4n) is 0.682. The Bertz CT molecular complexity index is 167. The third-order valence-electron chi connectivity index (χ3n) is 1.20. The SMILES string of the molecule is [CH2]N(C)c1ccccc1. The van der Waals surface area contributed by atoms with Crippen LogP contribution in [0.5, 0.6) is 0 Å². The van der Waals surface area contributed by atoms with Crippen molar-refractivity contribution in [2.45, 2.75) is 0 Å². The highest BCUT2D eigenvalue weighted by molar-refractivity contribution is 5.44. The summed E-state index contributed by atoms with van der Waals surface area (Å²) < 4.78 is 0. The lowest BCUT2D eigenvalue weighted by Gasteiger charge is -2.09. The number of nitrogens with zero attached hydrogens (tertiary/aromatic N) is 1. The van der Waals surface area contributed by atoms with E-state index < -0.39 is 0 Å². The van der Waals surface area contributed by atoms with Gasteiger partial charge in [0.05, 0.1) is 0 Å². The zero-order chi connectivity index (χ0) is 6.69. The monoisotopic (exact) mass is 120 g/mol. The topological polar surface area (TPSA) is 3.24 Å². The van der Waals surface area contributed by atoms with Gasteiger partial charge in [0.1, 0.15) is 0 Å². The van der Waals surface area contributed by atoms with Crippen LogP contribution in [0.2, 0.25) is 0 Å². The van der Waals surface area contributed by atoms with Crippen molar-refractivity contribution in [3.8, 4) is 0 Å². The summed E-state index contributed by atoms with van der Waals surface area (Å²) in [7, 11) is 5.67. The third-order valence-corrected chi connectivity index (χ3v) is 1.20. The summed E-state index contributed by atoms with van der Waals surface area (Å²) in [6, 6.07) is 10.0. The van der Waals surface area contributed by atoms with Crippen molar-refractivity contribution in [2.75, 3.05) is 11.9 Å². The maximum Gasteiger partial charge on any atom is 0.0364 e. The maximum absolute atomic E-state index is 3.74. The summed E-state index contributed by atoms with van der Waals surface area (Å²) in [5.74, 6) is 0. The van der Waals surface area contributed by atoms with Gasteiger partial charge >= 0.3 is 0 Å². The molecule has 0 aromatic heterocycles. The normalized spacial score (nSPS) is 9.11. The Hall–Kier alpha value is -0.980. The molecule has 0 heterocycles. The second-order valence-electron chi connectivity index (χ2n) is 2.03. The Balaban J connectivity index is 2.85. The Morgan fingerprint density at radius 1 is 1.22 bits per heavy atom. The lowest BCUT2D eigenvalue weighted by atomic mass is 10.3. The zero-order valence-electron chi connectivity index (χ0n) is 5.54. The van der Waals surface area contributed by atoms with Gasteiger partial charge in [-0.25, -0.2) is 0 Å². The molecule has 0 aliphatic rings. The summed E-state index contributed by atoms with van der Waals surface area (Å²) >= 11 is 0. The highest BCUT2D eigenvalue weighted by Crippen LogP contribution is 2.08. The predicted molar refractivity (Wildman–Crippen MR) is 40.2 cm³/mol. The van der Waals surface area contributed by atoms with Crippen LogP contribution in [-0.4, -0.2) is 7.05 Å². The molecular weight excluding hydrogens is 110 g/mol. The largest absolute Gasteiger partial charge is 0.373 e. The van der Waals surface area contributed by atoms with E-state index in [1.165, 1.54) is 0 Å². The molecule has 9 heavy (non-hydrogen) atoms. The van der Waals surface area contributed by atoms with E-state index in [0.29, 0.717) is 0 Å². The van der Waals surface area contributed by atoms with Gasteiger partial charge in [-0.15, -0.1) is 0 Å². The molecule has 0 saturated carbocycles. The number of para-hydroxylation sites is 1. The third kappa shape index (κ3) is 1.46. The molecule has 1 aromatic rings. The molecule has 0 N–H and O–H groups in total. The molecule has 1 rings (SSSR count). The first-order chi connectivity index (χ1) is 4.30. The minimum Gasteiger partial charge on any atom is -0.373 e. The average Bonchev–Trinajstić information content (AvgIpc) is 1.90. The molecule has 0 fully saturated rings. The van der Waals surface area contributed by atoms with E-state index in [4.69, 9.17) is 0 Å². The first-order valence-corrected chi connectivity index (χ1v) is 2.90. The van der Waals surface area contributed by atoms with E-state index in [-0.39, 0.29) is 0 Å². The molecule has 0 atom stereocenters. The number of hydrogen-bond donors (Lipinski definition) is 0. The molecule has 0 aliphatic heterocycles. The highest BCUT2D eigenvalue weighted by atomic mass is 15.1. The van der Waals surface area contributed by atoms with E-state index in [9.17, 15) is 0 Å². The van der Waals surface area contributed by atoms with Crippen molar-refractivity contribution in [1.29, 1.82) is 0 Å². The summed E-state index contributed by atoms with van der Waals surface area (Å²) in [6.45, 7) is 0. The first kappa shape index (κ1) is 6.14. The zero-order valence-corrected chi connectivity index (χ0v) is 5.54. The van der Waals surface area contributed by atoms with Crippen LogP contribution < -0.4 is 4.90 Å². The van der Waals surface area contributed by atoms with E-state index in [1.54, 1.807) is 0 Å². The summed E-state index contributed by atoms with van der Waals surface area (Å²) in [5, 5.41) is 0. The summed E-state index contributed by atoms with van der Waals surface area (Å²) in [4.78, 5) is 1.83. The second kappa shape index (κ2) is 2.53. The molecule has 1 aromatic carbocycles. The van der Waals surface area contributed by atoms with Crippen LogP contribution in [0.4, 0.5) is 5.69 Å². The lowest BCUT2D eigenvalue weighted by molar-refractivity contribution is 1.20. The molecule has 0 unspecified atom stereocenters. The predicted octanol–water partition coefficient (Wildman–Crippen LogP) is 1.91. The molecule has 0 spiro atoms. The van der Waals surface area contributed by atoms with Gasteiger partial charge in [-0.1, -0.05) is 18.2 Å². The molecule has 1 radical (unpaired) electrons. The molecular formula is C8H10N. The molecule has 0 saturated heterocycles. The van der Waals surface area contributed by atoms with E-state index in [1.807, 2.05) is 42.3 Å². The van der Waals surface area contributed by atoms with Gasteiger partial charge < -0.3 is 4.90 Å². The standard InChI is InChI=1S/C8H10N/c1-9(2)8-6-4-3-5-7-8/h3-7H,1H2,2H3. The minimum atomic E-state index is 1.14. The van der Waals surface area contributed by atoms with Crippen LogP contribution in [0, 0.1) is 7.05 Å². The van der Waals surface area contributed by atoms with Crippen molar-refractivity contribution < 1.29 is 0 Å². The number of benzene rings is 1. The van der Waals surface area contributed by atoms with Gasteiger partial charge in [0.15, 0.2) is 0 Å². The Morgan fingerprint density at radius 2 is 1.78 bits per heavy atom. The fourth-order valence-corrected chi connectivity index (χ4v) is 0.682. The van der Waals surface area contributed by atoms with Gasteiger partial charge in [-0.05, 0) is 12.1 Å². The second-order valence-corrected chi connectivity index (χ2v) is 2.03. The van der Waals surface area contributed by atoms with Crippen LogP contribution in [0.25, 0.3) is 0 Å². The maximum atomic E-state index is 3.74. The first-order valence-electron chi connectivity index (χ1n) is 2.90. The molecule has 47 valence electrons. The molecule has 1 nitrogen and oxygen atoms in total. The lowest BCUT2D eigenvalue weighted by Crippen LogP contribution is -2.04. The van der Waals surface area contributed by atoms with E-state index >= 15 is 0 Å². The van der Waals surface area contributed by atoms with Crippen molar-refractivity contribution >= 4 is 5.69 Å². The van der Waals surface area contributed by atoms with E-state index in [2.05, 4.69) is 7.05 Å². The quantitative estimate of drug-likeness (QED) is 0.547. The van der Waals surface area contributed by atoms with Gasteiger partial charge in [0.25, 0.3) is 0 Å². The average molecular weight is 120 g/mol. The van der Waals surface area contributed by atoms with Gasteiger partial charge in [0.2, 0.25) is 0 Å².